The molecule has 0 radical (unpaired) electrons. The number of aliphatic carboxylic acids is 1. The van der Waals surface area contributed by atoms with Crippen LogP contribution in [0.3, 0.4) is 0 Å². The van der Waals surface area contributed by atoms with Crippen molar-refractivity contribution in [3.8, 4) is 34.0 Å². The van der Waals surface area contributed by atoms with E-state index >= 15 is 0 Å². The Morgan fingerprint density at radius 3 is 1.45 bits per heavy atom. The van der Waals surface area contributed by atoms with Gasteiger partial charge in [0.2, 0.25) is 18.6 Å². The second-order valence-electron chi connectivity index (χ2n) is 20.9. The number of aryl methyl sites for hydroxylation is 2. The smallest absolute Gasteiger partial charge is 0.337 e. The van der Waals surface area contributed by atoms with Crippen LogP contribution in [0.5, 0.6) is 11.8 Å². The fourth-order valence-electron chi connectivity index (χ4n) is 8.40. The van der Waals surface area contributed by atoms with E-state index in [1.807, 2.05) is 84.9 Å². The Morgan fingerprint density at radius 1 is 0.631 bits per heavy atom. The highest BCUT2D eigenvalue weighted by Gasteiger charge is 2.31. The van der Waals surface area contributed by atoms with Gasteiger partial charge in [-0.1, -0.05) is 135 Å². The summed E-state index contributed by atoms with van der Waals surface area (Å²) in [7, 11) is 3.27. The first-order chi connectivity index (χ1) is 39.8. The minimum atomic E-state index is -1.68. The first-order valence-corrected chi connectivity index (χ1v) is 27.6. The summed E-state index contributed by atoms with van der Waals surface area (Å²) in [5.74, 6) is -5.10. The molecule has 4 aromatic carbocycles. The molecule has 448 valence electrons. The van der Waals surface area contributed by atoms with Crippen LogP contribution in [0.1, 0.15) is 86.0 Å². The lowest BCUT2D eigenvalue weighted by Crippen LogP contribution is -2.41. The van der Waals surface area contributed by atoms with Gasteiger partial charge in [-0.3, -0.25) is 19.2 Å². The normalized spacial score (nSPS) is 12.9. The summed E-state index contributed by atoms with van der Waals surface area (Å²) in [6.07, 6.45) is -0.189. The number of carbonyl (C=O) groups excluding carboxylic acids is 5. The van der Waals surface area contributed by atoms with Gasteiger partial charge < -0.3 is 49.6 Å². The number of hydrogen-bond acceptors (Lipinski definition) is 15. The van der Waals surface area contributed by atoms with Crippen LogP contribution in [0, 0.1) is 11.8 Å². The maximum atomic E-state index is 13.3. The van der Waals surface area contributed by atoms with Crippen LogP contribution in [-0.4, -0.2) is 120 Å². The van der Waals surface area contributed by atoms with Crippen LogP contribution in [0.15, 0.2) is 135 Å². The van der Waals surface area contributed by atoms with Crippen molar-refractivity contribution in [3.63, 3.8) is 0 Å². The number of carboxylic acids is 1. The van der Waals surface area contributed by atoms with Gasteiger partial charge in [0.15, 0.2) is 23.6 Å². The topological polar surface area (TPSA) is 269 Å². The molecular weight excluding hydrogens is 1120 g/mol. The SMILES string of the molecule is C=CCOc1cc(C(=O)N[C@H](Cc2ccc(-c3cccc(Cl)c3)cc2)C[C@@H](O)C(=O)O)nn1C.C=CCOc1cc(C(=O)N[C@H](Cc2ccc(-c3cccc(Cl)c3)cc2)C[C@@H](O)C(=O)OCOC(=O)[C@@H](CC(=O)OC(C)(C)C)C(C)C)nn1C. The first-order valence-electron chi connectivity index (χ1n) is 26.8. The predicted molar refractivity (Wildman–Crippen MR) is 316 cm³/mol. The number of carboxylic acid groups (broad SMARTS) is 1. The number of aliphatic hydroxyl groups is 2. The second kappa shape index (κ2) is 31.9. The number of aliphatic hydroxyl groups excluding tert-OH is 2. The molecular formula is C62H72Cl2N6O14. The number of nitrogens with one attached hydrogen (secondary N) is 2. The molecule has 6 aromatic rings. The molecule has 0 aliphatic carbocycles. The van der Waals surface area contributed by atoms with Crippen molar-refractivity contribution in [2.24, 2.45) is 25.9 Å². The quantitative estimate of drug-likeness (QED) is 0.0174. The number of ether oxygens (including phenoxy) is 5. The summed E-state index contributed by atoms with van der Waals surface area (Å²) >= 11 is 12.2. The average Bonchev–Trinajstić information content (AvgIpc) is 4.23. The fourth-order valence-corrected chi connectivity index (χ4v) is 8.78. The monoisotopic (exact) mass is 1190 g/mol. The molecule has 0 saturated carbocycles. The number of carbonyl (C=O) groups is 6. The predicted octanol–water partition coefficient (Wildman–Crippen LogP) is 8.93. The van der Waals surface area contributed by atoms with Crippen LogP contribution in [0.25, 0.3) is 22.3 Å². The lowest BCUT2D eigenvalue weighted by Gasteiger charge is -2.23. The number of esters is 3. The lowest BCUT2D eigenvalue weighted by atomic mass is 9.92. The Kier molecular flexibility index (Phi) is 25.3. The summed E-state index contributed by atoms with van der Waals surface area (Å²) in [6, 6.07) is 31.7. The van der Waals surface area contributed by atoms with Crippen LogP contribution in [0.4, 0.5) is 0 Å². The van der Waals surface area contributed by atoms with Gasteiger partial charge in [0, 0.05) is 61.2 Å². The van der Waals surface area contributed by atoms with Crippen molar-refractivity contribution >= 4 is 58.9 Å². The molecule has 2 amide bonds. The number of rotatable bonds is 28. The third-order valence-corrected chi connectivity index (χ3v) is 13.1. The Labute approximate surface area is 498 Å². The standard InChI is InChI=1S/C37H46ClN3O9.C25H26ClN3O5/c1-8-16-47-32-21-30(40-41(32)7)34(44)39-28(17-24-12-14-25(15-13-24)26-10-9-11-27(38)18-26)19-31(42)36(46)49-22-48-35(45)29(23(2)3)20-33(43)50-37(4,5)6;1-3-11-34-23-15-21(28-29(23)2)24(31)27-20(14-22(30)25(32)33)12-16-7-9-17(10-8-16)18-5-4-6-19(26)13-18/h8-15,18,21,23,28-29,31,42H,1,16-17,19-20,22H2,2-7H3,(H,39,44);3-10,13,15,20,22,30H,1,11-12,14H2,2H3,(H,27,31)(H,32,33)/t28-,29+,31-;20-,22-/m11/s1. The Hall–Kier alpha value is -8.30. The summed E-state index contributed by atoms with van der Waals surface area (Å²) in [5.41, 5.74) is 4.96. The van der Waals surface area contributed by atoms with Crippen molar-refractivity contribution in [2.45, 2.75) is 96.6 Å². The Morgan fingerprint density at radius 2 is 1.06 bits per heavy atom. The van der Waals surface area contributed by atoms with E-state index in [9.17, 15) is 39.0 Å². The highest BCUT2D eigenvalue weighted by Crippen LogP contribution is 2.27. The van der Waals surface area contributed by atoms with Crippen molar-refractivity contribution in [3.05, 3.63) is 167 Å². The number of aromatic nitrogens is 4. The van der Waals surface area contributed by atoms with Crippen molar-refractivity contribution in [1.29, 1.82) is 0 Å². The maximum Gasteiger partial charge on any atom is 0.337 e. The maximum absolute atomic E-state index is 13.3. The van der Waals surface area contributed by atoms with Gasteiger partial charge in [-0.15, -0.1) is 0 Å². The van der Waals surface area contributed by atoms with E-state index in [1.54, 1.807) is 73.0 Å². The Balaban J connectivity index is 0.000000330. The zero-order chi connectivity index (χ0) is 61.7. The molecule has 0 spiro atoms. The van der Waals surface area contributed by atoms with E-state index in [-0.39, 0.29) is 56.2 Å². The van der Waals surface area contributed by atoms with E-state index < -0.39 is 78.3 Å². The second-order valence-corrected chi connectivity index (χ2v) is 21.7. The minimum Gasteiger partial charge on any atom is -0.479 e. The molecule has 0 aliphatic heterocycles. The van der Waals surface area contributed by atoms with Gasteiger partial charge in [-0.05, 0) is 97.2 Å². The van der Waals surface area contributed by atoms with Crippen molar-refractivity contribution < 1.29 is 67.8 Å². The molecule has 0 aliphatic rings. The molecule has 84 heavy (non-hydrogen) atoms. The molecule has 0 fully saturated rings. The van der Waals surface area contributed by atoms with Crippen molar-refractivity contribution in [1.82, 2.24) is 30.2 Å². The first kappa shape index (κ1) is 66.5. The lowest BCUT2D eigenvalue weighted by molar-refractivity contribution is -0.179. The molecule has 0 saturated heterocycles. The number of amides is 2. The fraction of sp³-hybridized carbons (Fsp3) is 0.355. The third-order valence-electron chi connectivity index (χ3n) is 12.6. The summed E-state index contributed by atoms with van der Waals surface area (Å²) in [5, 5.41) is 45.1. The third kappa shape index (κ3) is 21.5. The van der Waals surface area contributed by atoms with E-state index in [1.165, 1.54) is 21.5 Å². The van der Waals surface area contributed by atoms with E-state index in [2.05, 4.69) is 34.0 Å². The molecule has 6 rings (SSSR count). The average molecular weight is 1200 g/mol. The van der Waals surface area contributed by atoms with E-state index in [4.69, 9.17) is 52.0 Å². The molecule has 2 aromatic heterocycles. The molecule has 2 heterocycles. The Bertz CT molecular complexity index is 3210. The van der Waals surface area contributed by atoms with Crippen LogP contribution in [-0.2, 0) is 60.3 Å². The van der Waals surface area contributed by atoms with Crippen LogP contribution in [0.2, 0.25) is 10.0 Å². The molecule has 20 nitrogen and oxygen atoms in total. The zero-order valence-corrected chi connectivity index (χ0v) is 49.5. The minimum absolute atomic E-state index is 0.0722. The van der Waals surface area contributed by atoms with Gasteiger partial charge in [0.25, 0.3) is 11.8 Å². The van der Waals surface area contributed by atoms with E-state index in [0.717, 1.165) is 33.4 Å². The van der Waals surface area contributed by atoms with Gasteiger partial charge in [0.1, 0.15) is 18.8 Å². The summed E-state index contributed by atoms with van der Waals surface area (Å²) in [6.45, 7) is 15.6. The molecule has 5 N–H and O–H groups in total. The van der Waals surface area contributed by atoms with Gasteiger partial charge in [0.05, 0.1) is 12.3 Å². The largest absolute Gasteiger partial charge is 0.479 e. The van der Waals surface area contributed by atoms with Gasteiger partial charge >= 0.3 is 23.9 Å². The number of benzene rings is 4. The van der Waals surface area contributed by atoms with Gasteiger partial charge in [-0.2, -0.15) is 10.2 Å². The zero-order valence-electron chi connectivity index (χ0n) is 48.0. The molecule has 0 bridgehead atoms. The number of nitrogens with zero attached hydrogens (tertiary/aromatic N) is 4. The van der Waals surface area contributed by atoms with E-state index in [0.29, 0.717) is 28.2 Å². The highest BCUT2D eigenvalue weighted by atomic mass is 35.5. The van der Waals surface area contributed by atoms with Crippen LogP contribution >= 0.6 is 23.2 Å². The summed E-state index contributed by atoms with van der Waals surface area (Å²) < 4.78 is 29.3. The van der Waals surface area contributed by atoms with Gasteiger partial charge in [-0.25, -0.2) is 19.0 Å². The number of halogens is 2. The van der Waals surface area contributed by atoms with Crippen molar-refractivity contribution in [2.75, 3.05) is 20.0 Å². The number of hydrogen-bond donors (Lipinski definition) is 5. The van der Waals surface area contributed by atoms with Crippen LogP contribution < -0.4 is 20.1 Å². The molecule has 22 heteroatoms. The molecule has 0 unspecified atom stereocenters. The molecule has 5 atom stereocenters. The highest BCUT2D eigenvalue weighted by molar-refractivity contribution is 6.31. The summed E-state index contributed by atoms with van der Waals surface area (Å²) in [4.78, 5) is 75.1.